The fourth-order valence-corrected chi connectivity index (χ4v) is 4.23. The number of nitrogens with one attached hydrogen (secondary N) is 1. The monoisotopic (exact) mass is 499 g/mol. The van der Waals surface area contributed by atoms with Crippen LogP contribution < -0.4 is 5.32 Å². The zero-order valence-electron chi connectivity index (χ0n) is 21.9. The number of nitrogens with zero attached hydrogens (tertiary/aromatic N) is 2. The number of hydrogen-bond donors (Lipinski definition) is 2. The molecule has 0 saturated heterocycles. The maximum Gasteiger partial charge on any atom is 0.408 e. The number of carbonyl (C=O) groups is 3. The van der Waals surface area contributed by atoms with E-state index in [4.69, 9.17) is 9.47 Å². The molecule has 10 heteroatoms. The summed E-state index contributed by atoms with van der Waals surface area (Å²) < 4.78 is 10.3. The van der Waals surface area contributed by atoms with Crippen molar-refractivity contribution in [3.63, 3.8) is 0 Å². The van der Waals surface area contributed by atoms with Crippen molar-refractivity contribution < 1.29 is 29.0 Å². The highest BCUT2D eigenvalue weighted by molar-refractivity contribution is 7.09. The third-order valence-electron chi connectivity index (χ3n) is 5.52. The molecule has 0 aromatic carbocycles. The minimum Gasteiger partial charge on any atom is -0.461 e. The lowest BCUT2D eigenvalue weighted by atomic mass is 9.93. The van der Waals surface area contributed by atoms with E-state index in [2.05, 4.69) is 10.3 Å². The SMILES string of the molecule is CCOC(=O)c1csc([C@H](O)C[C@H](C(C)C)N(C)C(=O)[C@@H](NC(=O)OC(C)(C)C)C(C)CC)n1. The first-order valence-corrected chi connectivity index (χ1v) is 12.7. The van der Waals surface area contributed by atoms with Gasteiger partial charge in [0.05, 0.1) is 6.61 Å². The van der Waals surface area contributed by atoms with E-state index in [0.717, 1.165) is 0 Å². The number of rotatable bonds is 11. The van der Waals surface area contributed by atoms with Gasteiger partial charge in [-0.1, -0.05) is 34.1 Å². The van der Waals surface area contributed by atoms with E-state index < -0.39 is 29.8 Å². The van der Waals surface area contributed by atoms with Gasteiger partial charge in [-0.05, 0) is 39.5 Å². The molecule has 0 saturated carbocycles. The van der Waals surface area contributed by atoms with Crippen LogP contribution in [0.4, 0.5) is 4.79 Å². The summed E-state index contributed by atoms with van der Waals surface area (Å²) in [6.07, 6.45) is -0.688. The molecule has 2 amide bonds. The molecule has 0 aliphatic rings. The van der Waals surface area contributed by atoms with Gasteiger partial charge in [0.1, 0.15) is 22.8 Å². The molecule has 2 N–H and O–H groups in total. The molecule has 194 valence electrons. The third kappa shape index (κ3) is 8.87. The molecular formula is C24H41N3O6S. The Balaban J connectivity index is 3.02. The van der Waals surface area contributed by atoms with Gasteiger partial charge in [0.15, 0.2) is 5.69 Å². The second-order valence-corrected chi connectivity index (χ2v) is 10.7. The van der Waals surface area contributed by atoms with Crippen molar-refractivity contribution >= 4 is 29.3 Å². The maximum atomic E-state index is 13.5. The number of thiazole rings is 1. The Morgan fingerprint density at radius 2 is 1.82 bits per heavy atom. The molecule has 1 heterocycles. The number of aromatic nitrogens is 1. The zero-order valence-corrected chi connectivity index (χ0v) is 22.7. The van der Waals surface area contributed by atoms with Crippen LogP contribution in [0.5, 0.6) is 0 Å². The molecular weight excluding hydrogens is 458 g/mol. The second-order valence-electron chi connectivity index (χ2n) is 9.81. The van der Waals surface area contributed by atoms with E-state index in [9.17, 15) is 19.5 Å². The Hall–Kier alpha value is -2.20. The summed E-state index contributed by atoms with van der Waals surface area (Å²) in [6, 6.07) is -1.09. The Morgan fingerprint density at radius 3 is 2.32 bits per heavy atom. The number of alkyl carbamates (subject to hydrolysis) is 1. The Bertz CT molecular complexity index is 820. The van der Waals surface area contributed by atoms with Crippen molar-refractivity contribution in [1.82, 2.24) is 15.2 Å². The van der Waals surface area contributed by atoms with Crippen LogP contribution in [0.3, 0.4) is 0 Å². The van der Waals surface area contributed by atoms with Crippen LogP contribution in [0, 0.1) is 11.8 Å². The number of ether oxygens (including phenoxy) is 2. The van der Waals surface area contributed by atoms with Gasteiger partial charge < -0.3 is 24.8 Å². The van der Waals surface area contributed by atoms with Gasteiger partial charge >= 0.3 is 12.1 Å². The lowest BCUT2D eigenvalue weighted by Crippen LogP contribution is -2.54. The molecule has 1 aromatic heterocycles. The van der Waals surface area contributed by atoms with Gasteiger partial charge in [0, 0.05) is 24.9 Å². The predicted molar refractivity (Wildman–Crippen MR) is 132 cm³/mol. The van der Waals surface area contributed by atoms with Crippen LogP contribution in [0.15, 0.2) is 5.38 Å². The molecule has 1 unspecified atom stereocenters. The first-order valence-electron chi connectivity index (χ1n) is 11.8. The van der Waals surface area contributed by atoms with Gasteiger partial charge in [-0.3, -0.25) is 4.79 Å². The molecule has 0 fully saturated rings. The number of aliphatic hydroxyl groups excluding tert-OH is 1. The van der Waals surface area contributed by atoms with Gasteiger partial charge in [0.2, 0.25) is 5.91 Å². The maximum absolute atomic E-state index is 13.5. The lowest BCUT2D eigenvalue weighted by molar-refractivity contribution is -0.137. The number of likely N-dealkylation sites (N-methyl/N-ethyl adjacent to an activating group) is 1. The first-order chi connectivity index (χ1) is 15.7. The molecule has 4 atom stereocenters. The summed E-state index contributed by atoms with van der Waals surface area (Å²) in [7, 11) is 1.68. The summed E-state index contributed by atoms with van der Waals surface area (Å²) in [5.41, 5.74) is -0.524. The second kappa shape index (κ2) is 13.0. The predicted octanol–water partition coefficient (Wildman–Crippen LogP) is 4.17. The number of amides is 2. The van der Waals surface area contributed by atoms with E-state index >= 15 is 0 Å². The van der Waals surface area contributed by atoms with Crippen LogP contribution >= 0.6 is 11.3 Å². The number of hydrogen-bond acceptors (Lipinski definition) is 8. The van der Waals surface area contributed by atoms with Crippen LogP contribution in [0.2, 0.25) is 0 Å². The fraction of sp³-hybridized carbons (Fsp3) is 0.750. The molecule has 0 bridgehead atoms. The Labute approximate surface area is 207 Å². The Morgan fingerprint density at radius 1 is 1.21 bits per heavy atom. The Kier molecular flexibility index (Phi) is 11.4. The molecule has 1 aromatic rings. The van der Waals surface area contributed by atoms with Crippen molar-refractivity contribution in [2.45, 2.75) is 92.0 Å². The average Bonchev–Trinajstić information content (AvgIpc) is 3.23. The highest BCUT2D eigenvalue weighted by Crippen LogP contribution is 2.28. The number of aliphatic hydroxyl groups is 1. The van der Waals surface area contributed by atoms with E-state index in [0.29, 0.717) is 11.4 Å². The van der Waals surface area contributed by atoms with E-state index in [-0.39, 0.29) is 42.5 Å². The molecule has 34 heavy (non-hydrogen) atoms. The van der Waals surface area contributed by atoms with Gasteiger partial charge in [-0.15, -0.1) is 11.3 Å². The smallest absolute Gasteiger partial charge is 0.408 e. The fourth-order valence-electron chi connectivity index (χ4n) is 3.45. The lowest BCUT2D eigenvalue weighted by Gasteiger charge is -2.36. The van der Waals surface area contributed by atoms with Gasteiger partial charge in [0.25, 0.3) is 0 Å². The third-order valence-corrected chi connectivity index (χ3v) is 6.47. The number of esters is 1. The van der Waals surface area contributed by atoms with Crippen molar-refractivity contribution in [2.75, 3.05) is 13.7 Å². The van der Waals surface area contributed by atoms with E-state index in [1.165, 1.54) is 11.3 Å². The van der Waals surface area contributed by atoms with Crippen molar-refractivity contribution in [1.29, 1.82) is 0 Å². The molecule has 0 aliphatic heterocycles. The first kappa shape index (κ1) is 29.8. The summed E-state index contributed by atoms with van der Waals surface area (Å²) in [6.45, 7) is 15.0. The minimum absolute atomic E-state index is 0.0206. The number of carbonyl (C=O) groups excluding carboxylic acids is 3. The standard InChI is InChI=1S/C24H41N3O6S/c1-10-15(5)19(26-23(31)33-24(6,7)8)21(29)27(9)17(14(3)4)12-18(28)20-25-16(13-34-20)22(30)32-11-2/h13-15,17-19,28H,10-12H2,1-9H3,(H,26,31)/t15?,17-,18-,19+/m1/s1. The highest BCUT2D eigenvalue weighted by atomic mass is 32.1. The molecule has 9 nitrogen and oxygen atoms in total. The van der Waals surface area contributed by atoms with Crippen molar-refractivity contribution in [2.24, 2.45) is 11.8 Å². The van der Waals surface area contributed by atoms with E-state index in [1.54, 1.807) is 45.0 Å². The van der Waals surface area contributed by atoms with Gasteiger partial charge in [-0.2, -0.15) is 0 Å². The quantitative estimate of drug-likeness (QED) is 0.439. The van der Waals surface area contributed by atoms with Crippen LogP contribution in [0.1, 0.15) is 89.8 Å². The van der Waals surface area contributed by atoms with Crippen LogP contribution in [-0.2, 0) is 14.3 Å². The minimum atomic E-state index is -0.961. The zero-order chi connectivity index (χ0) is 26.2. The van der Waals surface area contributed by atoms with Crippen LogP contribution in [-0.4, -0.2) is 64.3 Å². The summed E-state index contributed by atoms with van der Waals surface area (Å²) >= 11 is 1.18. The molecule has 1 rings (SSSR count). The largest absolute Gasteiger partial charge is 0.461 e. The highest BCUT2D eigenvalue weighted by Gasteiger charge is 2.35. The van der Waals surface area contributed by atoms with E-state index in [1.807, 2.05) is 27.7 Å². The summed E-state index contributed by atoms with van der Waals surface area (Å²) in [5, 5.41) is 15.5. The molecule has 0 spiro atoms. The molecule has 0 aliphatic carbocycles. The van der Waals surface area contributed by atoms with Crippen LogP contribution in [0.25, 0.3) is 0 Å². The summed E-state index contributed by atoms with van der Waals surface area (Å²) in [4.78, 5) is 43.6. The average molecular weight is 500 g/mol. The van der Waals surface area contributed by atoms with Gasteiger partial charge in [-0.25, -0.2) is 14.6 Å². The van der Waals surface area contributed by atoms with Crippen molar-refractivity contribution in [3.05, 3.63) is 16.1 Å². The topological polar surface area (TPSA) is 118 Å². The molecule has 0 radical (unpaired) electrons. The normalized spacial score (nSPS) is 15.3. The van der Waals surface area contributed by atoms with Crippen molar-refractivity contribution in [3.8, 4) is 0 Å². The summed E-state index contributed by atoms with van der Waals surface area (Å²) in [5.74, 6) is -0.884.